The molecule has 0 aliphatic rings. The molecule has 1 aromatic heterocycles. The monoisotopic (exact) mass is 535 g/mol. The number of esters is 1. The van der Waals surface area contributed by atoms with Crippen molar-refractivity contribution in [3.05, 3.63) is 88.4 Å². The number of nitrogens with two attached hydrogens (primary N) is 1. The van der Waals surface area contributed by atoms with Crippen LogP contribution in [-0.2, 0) is 45.2 Å². The van der Waals surface area contributed by atoms with Gasteiger partial charge in [0.1, 0.15) is 42.2 Å². The Morgan fingerprint density at radius 1 is 1.00 bits per heavy atom. The van der Waals surface area contributed by atoms with Crippen molar-refractivity contribution in [3.63, 3.8) is 0 Å². The van der Waals surface area contributed by atoms with Crippen LogP contribution in [0.5, 0.6) is 5.75 Å². The minimum absolute atomic E-state index is 0.0627. The second-order valence-corrected chi connectivity index (χ2v) is 9.52. The molecule has 0 amide bonds. The molecular weight excluding hydrogens is 501 g/mol. The average Bonchev–Trinajstić information content (AvgIpc) is 3.31. The average molecular weight is 536 g/mol. The van der Waals surface area contributed by atoms with Gasteiger partial charge in [-0.2, -0.15) is 0 Å². The molecule has 0 spiro atoms. The van der Waals surface area contributed by atoms with E-state index >= 15 is 4.39 Å². The third-order valence-corrected chi connectivity index (χ3v) is 6.29. The van der Waals surface area contributed by atoms with Crippen LogP contribution in [0.2, 0.25) is 0 Å². The van der Waals surface area contributed by atoms with E-state index in [0.717, 1.165) is 16.5 Å². The summed E-state index contributed by atoms with van der Waals surface area (Å²) in [5.74, 6) is 0.462. The number of ether oxygens (including phenoxy) is 4. The zero-order valence-electron chi connectivity index (χ0n) is 22.7. The third kappa shape index (κ3) is 6.84. The first-order chi connectivity index (χ1) is 18.8. The van der Waals surface area contributed by atoms with Crippen LogP contribution in [0.25, 0.3) is 22.1 Å². The smallest absolute Gasteiger partial charge is 0.310 e. The molecule has 0 saturated heterocycles. The van der Waals surface area contributed by atoms with E-state index in [0.29, 0.717) is 46.0 Å². The van der Waals surface area contributed by atoms with Gasteiger partial charge in [-0.1, -0.05) is 30.3 Å². The predicted octanol–water partition coefficient (Wildman–Crippen LogP) is 5.85. The zero-order valence-corrected chi connectivity index (χ0v) is 22.7. The highest BCUT2D eigenvalue weighted by Gasteiger charge is 2.18. The first-order valence-electron chi connectivity index (χ1n) is 12.8. The van der Waals surface area contributed by atoms with Crippen molar-refractivity contribution < 1.29 is 32.5 Å². The number of carbonyl (C=O) groups is 1. The molecule has 1 unspecified atom stereocenters. The number of rotatable bonds is 12. The molecule has 3 aromatic carbocycles. The number of fused-ring (bicyclic) bond motifs is 1. The van der Waals surface area contributed by atoms with Gasteiger partial charge in [-0.15, -0.1) is 0 Å². The summed E-state index contributed by atoms with van der Waals surface area (Å²) in [4.78, 5) is 12.5. The summed E-state index contributed by atoms with van der Waals surface area (Å²) in [5, 5.41) is 0.802. The van der Waals surface area contributed by atoms with Crippen LogP contribution in [0.3, 0.4) is 0 Å². The summed E-state index contributed by atoms with van der Waals surface area (Å²) in [6.45, 7) is 4.62. The van der Waals surface area contributed by atoms with Crippen molar-refractivity contribution in [2.75, 3.05) is 20.8 Å². The number of methoxy groups -OCH3 is 2. The molecule has 0 bridgehead atoms. The van der Waals surface area contributed by atoms with Gasteiger partial charge in [0.25, 0.3) is 0 Å². The molecule has 1 atom stereocenters. The van der Waals surface area contributed by atoms with Gasteiger partial charge in [0, 0.05) is 48.4 Å². The number of hydrogen-bond acceptors (Lipinski definition) is 7. The van der Waals surface area contributed by atoms with Gasteiger partial charge in [-0.3, -0.25) is 4.79 Å². The molecule has 0 aliphatic heterocycles. The molecule has 2 N–H and O–H groups in total. The maximum Gasteiger partial charge on any atom is 0.310 e. The van der Waals surface area contributed by atoms with Crippen molar-refractivity contribution in [1.29, 1.82) is 0 Å². The van der Waals surface area contributed by atoms with E-state index < -0.39 is 0 Å². The molecule has 39 heavy (non-hydrogen) atoms. The predicted molar refractivity (Wildman–Crippen MR) is 147 cm³/mol. The molecule has 1 heterocycles. The first kappa shape index (κ1) is 28.3. The maximum absolute atomic E-state index is 15.4. The molecule has 206 valence electrons. The Labute approximate surface area is 227 Å². The normalized spacial score (nSPS) is 12.1. The van der Waals surface area contributed by atoms with Gasteiger partial charge in [0.2, 0.25) is 0 Å². The van der Waals surface area contributed by atoms with Crippen molar-refractivity contribution in [3.8, 4) is 16.9 Å². The second kappa shape index (κ2) is 12.9. The number of carbonyl (C=O) groups excluding carboxylic acids is 1. The minimum Gasteiger partial charge on any atom is -0.489 e. The number of halogens is 1. The highest BCUT2D eigenvalue weighted by molar-refractivity contribution is 5.94. The van der Waals surface area contributed by atoms with Crippen LogP contribution < -0.4 is 10.5 Å². The molecule has 4 aromatic rings. The Morgan fingerprint density at radius 3 is 2.56 bits per heavy atom. The lowest BCUT2D eigenvalue weighted by Gasteiger charge is -2.15. The molecule has 0 saturated carbocycles. The van der Waals surface area contributed by atoms with Crippen molar-refractivity contribution in [2.45, 2.75) is 46.1 Å². The quantitative estimate of drug-likeness (QED) is 0.227. The lowest BCUT2D eigenvalue weighted by Crippen LogP contribution is -2.21. The zero-order chi connectivity index (χ0) is 27.9. The van der Waals surface area contributed by atoms with E-state index in [-0.39, 0.29) is 44.1 Å². The topological polar surface area (TPSA) is 93.2 Å². The summed E-state index contributed by atoms with van der Waals surface area (Å²) in [6, 6.07) is 16.5. The maximum atomic E-state index is 15.4. The molecule has 0 aliphatic carbocycles. The largest absolute Gasteiger partial charge is 0.489 e. The van der Waals surface area contributed by atoms with Gasteiger partial charge >= 0.3 is 5.97 Å². The number of benzene rings is 3. The molecule has 0 radical (unpaired) electrons. The Morgan fingerprint density at radius 2 is 1.82 bits per heavy atom. The van der Waals surface area contributed by atoms with Gasteiger partial charge in [0.05, 0.1) is 13.0 Å². The van der Waals surface area contributed by atoms with Gasteiger partial charge in [-0.05, 0) is 49.2 Å². The molecule has 7 nitrogen and oxygen atoms in total. The highest BCUT2D eigenvalue weighted by Crippen LogP contribution is 2.35. The number of aryl methyl sites for hydroxylation is 1. The Kier molecular flexibility index (Phi) is 9.35. The van der Waals surface area contributed by atoms with E-state index in [1.807, 2.05) is 43.3 Å². The van der Waals surface area contributed by atoms with Crippen molar-refractivity contribution in [1.82, 2.24) is 0 Å². The van der Waals surface area contributed by atoms with Crippen LogP contribution in [0, 0.1) is 12.7 Å². The minimum atomic E-state index is -0.383. The van der Waals surface area contributed by atoms with E-state index in [1.54, 1.807) is 39.3 Å². The van der Waals surface area contributed by atoms with E-state index in [4.69, 9.17) is 29.1 Å². The Bertz CT molecular complexity index is 1450. The van der Waals surface area contributed by atoms with Crippen LogP contribution in [-0.4, -0.2) is 32.9 Å². The van der Waals surface area contributed by atoms with Gasteiger partial charge < -0.3 is 29.1 Å². The summed E-state index contributed by atoms with van der Waals surface area (Å²) in [5.41, 5.74) is 10.2. The Balaban J connectivity index is 1.65. The van der Waals surface area contributed by atoms with Gasteiger partial charge in [-0.25, -0.2) is 4.39 Å². The number of furan rings is 1. The lowest BCUT2D eigenvalue weighted by atomic mass is 9.98. The summed E-state index contributed by atoms with van der Waals surface area (Å²) in [6.07, 6.45) is -0.286. The Hall–Kier alpha value is -3.72. The molecule has 8 heteroatoms. The molecular formula is C31H34FNO6. The van der Waals surface area contributed by atoms with Crippen molar-refractivity contribution in [2.24, 2.45) is 5.73 Å². The fourth-order valence-electron chi connectivity index (χ4n) is 4.50. The van der Waals surface area contributed by atoms with E-state index in [9.17, 15) is 4.79 Å². The summed E-state index contributed by atoms with van der Waals surface area (Å²) in [7, 11) is 3.15. The summed E-state index contributed by atoms with van der Waals surface area (Å²) < 4.78 is 43.3. The lowest BCUT2D eigenvalue weighted by molar-refractivity contribution is -0.149. The van der Waals surface area contributed by atoms with Crippen LogP contribution in [0.15, 0.2) is 59.0 Å². The second-order valence-electron chi connectivity index (χ2n) is 9.52. The number of hydrogen-bond donors (Lipinski definition) is 1. The SMILES string of the molecule is COCc1cc2cc(COc3cc(C)ccc3CC(=O)OC(C)COC)cc(-c3cccc(CN)c3F)c2o1. The first-order valence-corrected chi connectivity index (χ1v) is 12.8. The van der Waals surface area contributed by atoms with E-state index in [1.165, 1.54) is 0 Å². The van der Waals surface area contributed by atoms with Crippen LogP contribution >= 0.6 is 0 Å². The highest BCUT2D eigenvalue weighted by atomic mass is 19.1. The van der Waals surface area contributed by atoms with Crippen LogP contribution in [0.1, 0.15) is 34.9 Å². The fraction of sp³-hybridized carbons (Fsp3) is 0.323. The summed E-state index contributed by atoms with van der Waals surface area (Å²) >= 11 is 0. The van der Waals surface area contributed by atoms with Crippen molar-refractivity contribution >= 4 is 16.9 Å². The molecule has 4 rings (SSSR count). The third-order valence-electron chi connectivity index (χ3n) is 6.29. The van der Waals surface area contributed by atoms with Gasteiger partial charge in [0.15, 0.2) is 0 Å². The van der Waals surface area contributed by atoms with Crippen LogP contribution in [0.4, 0.5) is 4.39 Å². The van der Waals surface area contributed by atoms with E-state index in [2.05, 4.69) is 0 Å². The molecule has 0 fully saturated rings. The fourth-order valence-corrected chi connectivity index (χ4v) is 4.50. The standard InChI is InChI=1S/C31H34FNO6/c1-19-8-9-22(14-29(34)38-20(2)16-35-3)28(10-19)37-17-21-11-24-13-25(18-36-4)39-31(24)27(12-21)26-7-5-6-23(15-33)30(26)32/h5-13,20H,14-18,33H2,1-4H3.